The van der Waals surface area contributed by atoms with E-state index in [1.165, 1.54) is 47.3 Å². The van der Waals surface area contributed by atoms with Crippen molar-refractivity contribution in [2.75, 3.05) is 16.0 Å². The molecule has 3 aromatic rings. The molecule has 0 bridgehead atoms. The molecule has 1 saturated heterocycles. The summed E-state index contributed by atoms with van der Waals surface area (Å²) in [5.74, 6) is 0.292. The summed E-state index contributed by atoms with van der Waals surface area (Å²) in [5, 5.41) is 3.74. The summed E-state index contributed by atoms with van der Waals surface area (Å²) in [7, 11) is 2.54. The maximum Gasteiger partial charge on any atom is 0.387 e. The lowest BCUT2D eigenvalue weighted by Gasteiger charge is -2.20. The van der Waals surface area contributed by atoms with Crippen LogP contribution in [0.2, 0.25) is 0 Å². The minimum Gasteiger partial charge on any atom is -0.435 e. The van der Waals surface area contributed by atoms with Crippen molar-refractivity contribution in [3.63, 3.8) is 0 Å². The van der Waals surface area contributed by atoms with E-state index in [0.717, 1.165) is 36.1 Å². The number of nitrogens with zero attached hydrogens (tertiary/aromatic N) is 4. The first-order chi connectivity index (χ1) is 20.6. The molecule has 1 atom stereocenters. The van der Waals surface area contributed by atoms with Gasteiger partial charge in [0.25, 0.3) is 0 Å². The summed E-state index contributed by atoms with van der Waals surface area (Å²) in [4.78, 5) is 39.8. The first kappa shape index (κ1) is 31.8. The number of urea groups is 1. The number of halogens is 2. The molecule has 4 rings (SSSR count). The van der Waals surface area contributed by atoms with E-state index in [9.17, 15) is 18.4 Å². The van der Waals surface area contributed by atoms with Gasteiger partial charge >= 0.3 is 12.6 Å². The Hall–Kier alpha value is -4.15. The van der Waals surface area contributed by atoms with Crippen molar-refractivity contribution in [2.45, 2.75) is 39.7 Å². The van der Waals surface area contributed by atoms with Crippen molar-refractivity contribution in [1.29, 1.82) is 0 Å². The van der Waals surface area contributed by atoms with E-state index in [1.54, 1.807) is 18.2 Å². The smallest absolute Gasteiger partial charge is 0.387 e. The summed E-state index contributed by atoms with van der Waals surface area (Å²) >= 11 is 1.23. The van der Waals surface area contributed by atoms with Crippen molar-refractivity contribution in [3.05, 3.63) is 77.4 Å². The molecule has 0 aliphatic carbocycles. The van der Waals surface area contributed by atoms with Gasteiger partial charge in [0.1, 0.15) is 17.9 Å². The molecule has 9 nitrogen and oxygen atoms in total. The standard InChI is InChI=1S/C30H31F2N6O3PS/c1-3-4-5-19-7-6-18(2)14-24(19)38-26(39)16-43-30(38)37-29(40)36-23-13-8-20(15-25(23)42)27(33)35-17-34-21-9-11-22(12-10-21)41-28(31)32/h6-15,17,28H,3-5,16,42H2,1-2H3,(H,36,40)(H2,33,34,35)/b37-30-. The molecule has 224 valence electrons. The lowest BCUT2D eigenvalue weighted by Crippen LogP contribution is -2.31. The number of nitrogens with one attached hydrogen (secondary N) is 1. The van der Waals surface area contributed by atoms with Gasteiger partial charge in [0, 0.05) is 11.3 Å². The SMILES string of the molecule is CCCCc1ccc(C)cc1N1C(=O)CS/C1=N\C(=O)Nc1ccc(C(N)=NC=Nc2ccc(OC(F)F)cc2)cc1P. The second-order valence-corrected chi connectivity index (χ2v) is 11.1. The monoisotopic (exact) mass is 624 g/mol. The molecule has 1 unspecified atom stereocenters. The van der Waals surface area contributed by atoms with Gasteiger partial charge < -0.3 is 15.8 Å². The minimum absolute atomic E-state index is 0.0270. The number of amidine groups is 2. The Morgan fingerprint density at radius 2 is 1.95 bits per heavy atom. The predicted molar refractivity (Wildman–Crippen MR) is 174 cm³/mol. The highest BCUT2D eigenvalue weighted by Gasteiger charge is 2.32. The van der Waals surface area contributed by atoms with Crippen LogP contribution in [0.1, 0.15) is 36.5 Å². The predicted octanol–water partition coefficient (Wildman–Crippen LogP) is 6.17. The number of hydrogen-bond acceptors (Lipinski definition) is 5. The first-order valence-corrected chi connectivity index (χ1v) is 15.0. The molecular weight excluding hydrogens is 593 g/mol. The number of amides is 3. The Bertz CT molecular complexity index is 1580. The maximum absolute atomic E-state index is 12.9. The van der Waals surface area contributed by atoms with E-state index in [0.29, 0.717) is 27.4 Å². The van der Waals surface area contributed by atoms with Crippen LogP contribution in [0.3, 0.4) is 0 Å². The summed E-state index contributed by atoms with van der Waals surface area (Å²) in [6.07, 6.45) is 4.09. The minimum atomic E-state index is -2.90. The molecule has 0 radical (unpaired) electrons. The van der Waals surface area contributed by atoms with Crippen LogP contribution in [0, 0.1) is 6.92 Å². The zero-order valence-corrected chi connectivity index (χ0v) is 25.6. The van der Waals surface area contributed by atoms with Crippen molar-refractivity contribution in [3.8, 4) is 5.75 Å². The summed E-state index contributed by atoms with van der Waals surface area (Å²) in [5.41, 5.74) is 10.5. The van der Waals surface area contributed by atoms with Gasteiger partial charge in [0.2, 0.25) is 5.91 Å². The third-order valence-electron chi connectivity index (χ3n) is 6.30. The van der Waals surface area contributed by atoms with E-state index < -0.39 is 12.6 Å². The summed E-state index contributed by atoms with van der Waals surface area (Å²) < 4.78 is 28.9. The number of ether oxygens (including phenoxy) is 1. The number of carbonyl (C=O) groups excluding carboxylic acids is 2. The van der Waals surface area contributed by atoms with Crippen molar-refractivity contribution in [1.82, 2.24) is 0 Å². The van der Waals surface area contributed by atoms with Crippen LogP contribution in [-0.2, 0) is 11.2 Å². The second-order valence-electron chi connectivity index (χ2n) is 9.51. The van der Waals surface area contributed by atoms with Crippen LogP contribution in [0.15, 0.2) is 75.6 Å². The Labute approximate surface area is 254 Å². The Kier molecular flexibility index (Phi) is 11.0. The van der Waals surface area contributed by atoms with E-state index in [1.807, 2.05) is 25.1 Å². The highest BCUT2D eigenvalue weighted by atomic mass is 32.2. The number of nitrogens with two attached hydrogens (primary N) is 1. The van der Waals surface area contributed by atoms with Crippen LogP contribution in [-0.4, -0.2) is 41.6 Å². The molecule has 3 N–H and O–H groups in total. The van der Waals surface area contributed by atoms with Gasteiger partial charge in [-0.1, -0.05) is 37.2 Å². The molecule has 0 spiro atoms. The zero-order valence-electron chi connectivity index (χ0n) is 23.6. The molecule has 1 heterocycles. The third kappa shape index (κ3) is 8.68. The molecule has 0 saturated carbocycles. The number of aryl methyl sites for hydroxylation is 2. The van der Waals surface area contributed by atoms with E-state index in [4.69, 9.17) is 5.73 Å². The van der Waals surface area contributed by atoms with Crippen molar-refractivity contribution < 1.29 is 23.1 Å². The lowest BCUT2D eigenvalue weighted by atomic mass is 10.0. The number of rotatable bonds is 10. The van der Waals surface area contributed by atoms with E-state index in [-0.39, 0.29) is 23.2 Å². The zero-order chi connectivity index (χ0) is 30.9. The topological polar surface area (TPSA) is 122 Å². The Balaban J connectivity index is 1.44. The molecule has 3 aromatic carbocycles. The van der Waals surface area contributed by atoms with Gasteiger partial charge in [-0.05, 0) is 84.7 Å². The fraction of sp³-hybridized carbons (Fsp3) is 0.233. The first-order valence-electron chi connectivity index (χ1n) is 13.4. The van der Waals surface area contributed by atoms with Gasteiger partial charge in [-0.2, -0.15) is 13.8 Å². The van der Waals surface area contributed by atoms with Gasteiger partial charge in [0.15, 0.2) is 5.17 Å². The Morgan fingerprint density at radius 3 is 2.65 bits per heavy atom. The highest BCUT2D eigenvalue weighted by molar-refractivity contribution is 8.15. The van der Waals surface area contributed by atoms with Crippen LogP contribution in [0.5, 0.6) is 5.75 Å². The average molecular weight is 625 g/mol. The van der Waals surface area contributed by atoms with Gasteiger partial charge in [-0.25, -0.2) is 14.8 Å². The number of unbranched alkanes of at least 4 members (excludes halogenated alkanes) is 1. The van der Waals surface area contributed by atoms with Crippen molar-refractivity contribution >= 4 is 72.6 Å². The number of aliphatic imine (C=N–C) groups is 3. The molecule has 43 heavy (non-hydrogen) atoms. The van der Waals surface area contributed by atoms with Gasteiger partial charge in [-0.3, -0.25) is 9.69 Å². The van der Waals surface area contributed by atoms with Gasteiger partial charge in [-0.15, -0.1) is 9.24 Å². The van der Waals surface area contributed by atoms with Crippen LogP contribution in [0.25, 0.3) is 0 Å². The molecule has 1 aliphatic rings. The number of hydrogen-bond donors (Lipinski definition) is 2. The maximum atomic E-state index is 12.9. The second kappa shape index (κ2) is 14.8. The van der Waals surface area contributed by atoms with Crippen LogP contribution in [0.4, 0.5) is 30.6 Å². The van der Waals surface area contributed by atoms with E-state index in [2.05, 4.69) is 41.2 Å². The Morgan fingerprint density at radius 1 is 1.19 bits per heavy atom. The number of anilines is 2. The molecule has 3 amide bonds. The summed E-state index contributed by atoms with van der Waals surface area (Å²) in [6, 6.07) is 16.2. The molecule has 13 heteroatoms. The van der Waals surface area contributed by atoms with Crippen molar-refractivity contribution in [2.24, 2.45) is 20.7 Å². The number of thioether (sulfide) groups is 1. The average Bonchev–Trinajstić information content (AvgIpc) is 3.33. The van der Waals surface area contributed by atoms with Gasteiger partial charge in [0.05, 0.1) is 17.1 Å². The van der Waals surface area contributed by atoms with Crippen LogP contribution >= 0.6 is 21.0 Å². The largest absolute Gasteiger partial charge is 0.435 e. The molecule has 1 fully saturated rings. The quantitative estimate of drug-likeness (QED) is 0.159. The molecule has 0 aromatic heterocycles. The lowest BCUT2D eigenvalue weighted by molar-refractivity contribution is -0.115. The number of alkyl halides is 2. The molecule has 1 aliphatic heterocycles. The number of carbonyl (C=O) groups is 2. The van der Waals surface area contributed by atoms with Crippen LogP contribution < -0.4 is 26.0 Å². The highest BCUT2D eigenvalue weighted by Crippen LogP contribution is 2.31. The fourth-order valence-corrected chi connectivity index (χ4v) is 5.36. The van der Waals surface area contributed by atoms with E-state index >= 15 is 0 Å². The third-order valence-corrected chi connectivity index (χ3v) is 7.70. The molecular formula is C30H31F2N6O3PS. The normalized spacial score (nSPS) is 14.7. The number of benzene rings is 3. The fourth-order valence-electron chi connectivity index (χ4n) is 4.15. The summed E-state index contributed by atoms with van der Waals surface area (Å²) in [6.45, 7) is 1.18.